The third kappa shape index (κ3) is 4.16. The van der Waals surface area contributed by atoms with Crippen LogP contribution >= 0.6 is 0 Å². The monoisotopic (exact) mass is 456 g/mol. The summed E-state index contributed by atoms with van der Waals surface area (Å²) in [5, 5.41) is 11.6. The lowest BCUT2D eigenvalue weighted by molar-refractivity contribution is -0.137. The molecule has 1 saturated heterocycles. The SMILES string of the molecule is CCC1CN(C2=NC=C(OC(=O)O)C(N)N2c2c(C(N)=O)cccc2C(F)(F)F)C(=O)N1. The second kappa shape index (κ2) is 8.37. The number of nitrogens with two attached hydrogens (primary N) is 2. The molecule has 0 bridgehead atoms. The van der Waals surface area contributed by atoms with Gasteiger partial charge in [0.1, 0.15) is 6.17 Å². The standard InChI is InChI=1S/C18H19F3N6O5/c1-2-8-7-26(16(29)25-8)15-24-6-11(32-17(30)31)13(22)27(15)12-9(14(23)28)4-3-5-10(12)18(19,20)21/h3-6,8,13H,2,7,22H2,1H3,(H2,23,28)(H,25,29)(H,30,31). The fourth-order valence-electron chi connectivity index (χ4n) is 3.37. The molecule has 6 N–H and O–H groups in total. The highest BCUT2D eigenvalue weighted by molar-refractivity contribution is 6.11. The summed E-state index contributed by atoms with van der Waals surface area (Å²) in [5.41, 5.74) is 8.74. The van der Waals surface area contributed by atoms with Gasteiger partial charge in [0.25, 0.3) is 5.91 Å². The summed E-state index contributed by atoms with van der Waals surface area (Å²) in [6.07, 6.45) is -7.02. The number of hydrogen-bond donors (Lipinski definition) is 4. The van der Waals surface area contributed by atoms with Crippen molar-refractivity contribution in [3.8, 4) is 0 Å². The molecule has 0 saturated carbocycles. The highest BCUT2D eigenvalue weighted by Gasteiger charge is 2.44. The molecule has 0 spiro atoms. The van der Waals surface area contributed by atoms with E-state index in [1.807, 2.05) is 0 Å². The number of alkyl halides is 3. The minimum atomic E-state index is -4.96. The summed E-state index contributed by atoms with van der Waals surface area (Å²) in [4.78, 5) is 41.2. The number of urea groups is 1. The zero-order chi connectivity index (χ0) is 23.8. The van der Waals surface area contributed by atoms with E-state index >= 15 is 0 Å². The van der Waals surface area contributed by atoms with E-state index in [1.54, 1.807) is 6.92 Å². The molecular weight excluding hydrogens is 437 g/mol. The van der Waals surface area contributed by atoms with Crippen molar-refractivity contribution < 1.29 is 37.4 Å². The zero-order valence-electron chi connectivity index (χ0n) is 16.6. The minimum absolute atomic E-state index is 0.0421. The molecule has 32 heavy (non-hydrogen) atoms. The molecule has 2 aliphatic heterocycles. The lowest BCUT2D eigenvalue weighted by atomic mass is 10.0. The number of nitrogens with one attached hydrogen (secondary N) is 1. The van der Waals surface area contributed by atoms with Gasteiger partial charge < -0.3 is 26.6 Å². The van der Waals surface area contributed by atoms with Crippen molar-refractivity contribution in [1.29, 1.82) is 0 Å². The van der Waals surface area contributed by atoms with E-state index in [0.717, 1.165) is 28.1 Å². The Bertz CT molecular complexity index is 1020. The molecule has 14 heteroatoms. The molecule has 2 heterocycles. The smallest absolute Gasteiger partial charge is 0.449 e. The number of guanidine groups is 1. The first-order chi connectivity index (χ1) is 15.0. The first-order valence-electron chi connectivity index (χ1n) is 9.27. The van der Waals surface area contributed by atoms with E-state index in [0.29, 0.717) is 12.5 Å². The first kappa shape index (κ1) is 22.9. The van der Waals surface area contributed by atoms with Gasteiger partial charge in [0.2, 0.25) is 5.96 Å². The normalized spacial score (nSPS) is 21.1. The fourth-order valence-corrected chi connectivity index (χ4v) is 3.37. The number of amides is 3. The van der Waals surface area contributed by atoms with Crippen molar-refractivity contribution >= 4 is 29.7 Å². The number of carboxylic acid groups (broad SMARTS) is 1. The number of nitrogens with zero attached hydrogens (tertiary/aromatic N) is 3. The summed E-state index contributed by atoms with van der Waals surface area (Å²) >= 11 is 0. The maximum Gasteiger partial charge on any atom is 0.511 e. The number of benzene rings is 1. The molecule has 172 valence electrons. The molecule has 1 aromatic carbocycles. The molecule has 11 nitrogen and oxygen atoms in total. The van der Waals surface area contributed by atoms with Crippen molar-refractivity contribution in [2.45, 2.75) is 31.7 Å². The lowest BCUT2D eigenvalue weighted by Crippen LogP contribution is -2.57. The van der Waals surface area contributed by atoms with Crippen LogP contribution in [0.2, 0.25) is 0 Å². The van der Waals surface area contributed by atoms with Gasteiger partial charge in [-0.15, -0.1) is 0 Å². The van der Waals surface area contributed by atoms with Crippen LogP contribution in [0.1, 0.15) is 29.3 Å². The van der Waals surface area contributed by atoms with E-state index < -0.39 is 53.0 Å². The van der Waals surface area contributed by atoms with Gasteiger partial charge in [-0.2, -0.15) is 13.2 Å². The number of primary amides is 1. The van der Waals surface area contributed by atoms with Crippen molar-refractivity contribution in [2.75, 3.05) is 11.4 Å². The maximum atomic E-state index is 13.9. The van der Waals surface area contributed by atoms with Crippen molar-refractivity contribution in [3.63, 3.8) is 0 Å². The average molecular weight is 456 g/mol. The molecule has 2 atom stereocenters. The van der Waals surface area contributed by atoms with Crippen LogP contribution < -0.4 is 21.7 Å². The molecule has 3 amide bonds. The number of hydrogen-bond acceptors (Lipinski definition) is 7. The summed E-state index contributed by atoms with van der Waals surface area (Å²) in [7, 11) is 0. The van der Waals surface area contributed by atoms with Gasteiger partial charge >= 0.3 is 18.4 Å². The van der Waals surface area contributed by atoms with Crippen LogP contribution in [-0.4, -0.2) is 52.8 Å². The average Bonchev–Trinajstić information content (AvgIpc) is 3.08. The van der Waals surface area contributed by atoms with Crippen LogP contribution in [-0.2, 0) is 10.9 Å². The molecule has 0 aliphatic carbocycles. The van der Waals surface area contributed by atoms with E-state index in [2.05, 4.69) is 15.0 Å². The number of carbonyl (C=O) groups is 3. The van der Waals surface area contributed by atoms with Crippen molar-refractivity contribution in [2.24, 2.45) is 16.5 Å². The minimum Gasteiger partial charge on any atom is -0.449 e. The number of aliphatic imine (C=N–C) groups is 1. The van der Waals surface area contributed by atoms with Gasteiger partial charge in [-0.1, -0.05) is 13.0 Å². The van der Waals surface area contributed by atoms with E-state index in [-0.39, 0.29) is 18.5 Å². The van der Waals surface area contributed by atoms with Gasteiger partial charge in [-0.05, 0) is 18.6 Å². The number of para-hydroxylation sites is 1. The van der Waals surface area contributed by atoms with Crippen LogP contribution in [0.15, 0.2) is 35.2 Å². The Morgan fingerprint density at radius 3 is 2.59 bits per heavy atom. The molecule has 1 fully saturated rings. The van der Waals surface area contributed by atoms with Crippen molar-refractivity contribution in [1.82, 2.24) is 10.2 Å². The number of ether oxygens (including phenoxy) is 1. The molecule has 3 rings (SSSR count). The maximum absolute atomic E-state index is 13.9. The Morgan fingerprint density at radius 1 is 1.38 bits per heavy atom. The number of rotatable bonds is 4. The van der Waals surface area contributed by atoms with Crippen LogP contribution in [0.3, 0.4) is 0 Å². The fraction of sp³-hybridized carbons (Fsp3) is 0.333. The summed E-state index contributed by atoms with van der Waals surface area (Å²) in [6.45, 7) is 1.84. The van der Waals surface area contributed by atoms with Gasteiger partial charge in [-0.25, -0.2) is 14.6 Å². The molecule has 1 aromatic rings. The number of carbonyl (C=O) groups excluding carboxylic acids is 2. The second-order valence-corrected chi connectivity index (χ2v) is 6.87. The number of anilines is 1. The van der Waals surface area contributed by atoms with Crippen LogP contribution in [0.5, 0.6) is 0 Å². The Kier molecular flexibility index (Phi) is 5.98. The Labute approximate surface area is 179 Å². The second-order valence-electron chi connectivity index (χ2n) is 6.87. The molecule has 0 aromatic heterocycles. The molecule has 2 aliphatic rings. The molecule has 2 unspecified atom stereocenters. The quantitative estimate of drug-likeness (QED) is 0.500. The molecule has 0 radical (unpaired) electrons. The predicted molar refractivity (Wildman–Crippen MR) is 104 cm³/mol. The summed E-state index contributed by atoms with van der Waals surface area (Å²) < 4.78 is 46.2. The predicted octanol–water partition coefficient (Wildman–Crippen LogP) is 1.60. The Hall–Kier alpha value is -3.81. The van der Waals surface area contributed by atoms with Gasteiger partial charge in [0.05, 0.1) is 29.6 Å². The first-order valence-corrected chi connectivity index (χ1v) is 9.27. The highest BCUT2D eigenvalue weighted by Crippen LogP contribution is 2.41. The lowest BCUT2D eigenvalue weighted by Gasteiger charge is -2.38. The van der Waals surface area contributed by atoms with Crippen LogP contribution in [0, 0.1) is 0 Å². The van der Waals surface area contributed by atoms with Crippen molar-refractivity contribution in [3.05, 3.63) is 41.3 Å². The van der Waals surface area contributed by atoms with Gasteiger partial charge in [-0.3, -0.25) is 14.6 Å². The Morgan fingerprint density at radius 2 is 2.06 bits per heavy atom. The van der Waals surface area contributed by atoms with Crippen LogP contribution in [0.25, 0.3) is 0 Å². The van der Waals surface area contributed by atoms with E-state index in [9.17, 15) is 27.6 Å². The van der Waals surface area contributed by atoms with Gasteiger partial charge in [0.15, 0.2) is 5.76 Å². The third-order valence-corrected chi connectivity index (χ3v) is 4.86. The Balaban J connectivity index is 2.25. The topological polar surface area (TPSA) is 164 Å². The van der Waals surface area contributed by atoms with E-state index in [4.69, 9.17) is 16.6 Å². The van der Waals surface area contributed by atoms with Crippen LogP contribution in [0.4, 0.5) is 28.4 Å². The summed E-state index contributed by atoms with van der Waals surface area (Å²) in [6, 6.07) is 1.75. The van der Waals surface area contributed by atoms with Gasteiger partial charge in [0, 0.05) is 6.04 Å². The molecular formula is C18H19F3N6O5. The van der Waals surface area contributed by atoms with E-state index in [1.165, 1.54) is 0 Å². The highest BCUT2D eigenvalue weighted by atomic mass is 19.4. The summed E-state index contributed by atoms with van der Waals surface area (Å²) in [5.74, 6) is -2.09. The largest absolute Gasteiger partial charge is 0.511 e. The number of halogens is 3. The zero-order valence-corrected chi connectivity index (χ0v) is 16.6. The third-order valence-electron chi connectivity index (χ3n) is 4.86.